The molecule has 0 spiro atoms. The van der Waals surface area contributed by atoms with Crippen molar-refractivity contribution in [3.63, 3.8) is 0 Å². The van der Waals surface area contributed by atoms with Crippen LogP contribution in [0.4, 0.5) is 0 Å². The van der Waals surface area contributed by atoms with E-state index < -0.39 is 0 Å². The van der Waals surface area contributed by atoms with Gasteiger partial charge in [-0.1, -0.05) is 33.6 Å². The van der Waals surface area contributed by atoms with Gasteiger partial charge in [0.15, 0.2) is 0 Å². The van der Waals surface area contributed by atoms with Crippen molar-refractivity contribution in [2.45, 2.75) is 65.3 Å². The van der Waals surface area contributed by atoms with Crippen LogP contribution in [0.5, 0.6) is 0 Å². The van der Waals surface area contributed by atoms with E-state index in [9.17, 15) is 0 Å². The van der Waals surface area contributed by atoms with Gasteiger partial charge in [0.25, 0.3) is 0 Å². The highest BCUT2D eigenvalue weighted by Crippen LogP contribution is 2.40. The van der Waals surface area contributed by atoms with Crippen LogP contribution in [0.2, 0.25) is 0 Å². The zero-order valence-corrected chi connectivity index (χ0v) is 12.7. The molecule has 2 heteroatoms. The highest BCUT2D eigenvalue weighted by molar-refractivity contribution is 4.91. The van der Waals surface area contributed by atoms with Gasteiger partial charge in [-0.15, -0.1) is 0 Å². The summed E-state index contributed by atoms with van der Waals surface area (Å²) in [5, 5.41) is 3.72. The Morgan fingerprint density at radius 1 is 1.22 bits per heavy atom. The zero-order chi connectivity index (χ0) is 13.0. The lowest BCUT2D eigenvalue weighted by Gasteiger charge is -2.43. The molecule has 1 aliphatic carbocycles. The number of rotatable bonds is 5. The molecule has 0 aromatic rings. The maximum absolute atomic E-state index is 3.72. The van der Waals surface area contributed by atoms with Gasteiger partial charge in [0.2, 0.25) is 0 Å². The van der Waals surface area contributed by atoms with Gasteiger partial charge in [0.05, 0.1) is 0 Å². The molecule has 2 unspecified atom stereocenters. The van der Waals surface area contributed by atoms with E-state index in [2.05, 4.69) is 31.0 Å². The molecule has 2 atom stereocenters. The fourth-order valence-corrected chi connectivity index (χ4v) is 3.96. The third kappa shape index (κ3) is 3.96. The summed E-state index contributed by atoms with van der Waals surface area (Å²) in [5.74, 6) is 0.926. The number of nitrogens with zero attached hydrogens (tertiary/aromatic N) is 1. The topological polar surface area (TPSA) is 15.3 Å². The predicted molar refractivity (Wildman–Crippen MR) is 78.9 cm³/mol. The minimum atomic E-state index is 0.562. The Hall–Kier alpha value is -0.0800. The summed E-state index contributed by atoms with van der Waals surface area (Å²) in [6.45, 7) is 12.3. The van der Waals surface area contributed by atoms with Gasteiger partial charge >= 0.3 is 0 Å². The summed E-state index contributed by atoms with van der Waals surface area (Å²) in [6.07, 6.45) is 8.60. The van der Waals surface area contributed by atoms with Crippen LogP contribution in [0.3, 0.4) is 0 Å². The summed E-state index contributed by atoms with van der Waals surface area (Å²) in [6, 6.07) is 0.623. The Morgan fingerprint density at radius 3 is 2.56 bits per heavy atom. The number of nitrogens with one attached hydrogen (secondary N) is 1. The number of hydrogen-bond acceptors (Lipinski definition) is 2. The van der Waals surface area contributed by atoms with Crippen molar-refractivity contribution in [2.24, 2.45) is 11.3 Å². The van der Waals surface area contributed by atoms with Crippen molar-refractivity contribution in [3.8, 4) is 0 Å². The SMILES string of the molecule is CC1CCCC(CNC(C)C)(CN2CCCC2)C1. The Balaban J connectivity index is 1.95. The molecule has 1 N–H and O–H groups in total. The molecule has 2 nitrogen and oxygen atoms in total. The van der Waals surface area contributed by atoms with E-state index in [0.29, 0.717) is 11.5 Å². The molecule has 0 aromatic carbocycles. The second-order valence-corrected chi connectivity index (χ2v) is 7.22. The third-order valence-corrected chi connectivity index (χ3v) is 4.83. The van der Waals surface area contributed by atoms with Gasteiger partial charge < -0.3 is 10.2 Å². The average Bonchev–Trinajstić information content (AvgIpc) is 2.79. The lowest BCUT2D eigenvalue weighted by atomic mass is 9.69. The summed E-state index contributed by atoms with van der Waals surface area (Å²) >= 11 is 0. The first-order valence-corrected chi connectivity index (χ1v) is 8.05. The van der Waals surface area contributed by atoms with Gasteiger partial charge in [0.1, 0.15) is 0 Å². The van der Waals surface area contributed by atoms with Crippen molar-refractivity contribution in [1.82, 2.24) is 10.2 Å². The summed E-state index contributed by atoms with van der Waals surface area (Å²) in [5.41, 5.74) is 0.562. The molecule has 0 amide bonds. The quantitative estimate of drug-likeness (QED) is 0.808. The second kappa shape index (κ2) is 6.38. The fraction of sp³-hybridized carbons (Fsp3) is 1.00. The van der Waals surface area contributed by atoms with Crippen LogP contribution < -0.4 is 5.32 Å². The summed E-state index contributed by atoms with van der Waals surface area (Å²) < 4.78 is 0. The van der Waals surface area contributed by atoms with Gasteiger partial charge in [-0.05, 0) is 50.1 Å². The largest absolute Gasteiger partial charge is 0.314 e. The standard InChI is InChI=1S/C16H32N2/c1-14(2)17-12-16(8-6-7-15(3)11-16)13-18-9-4-5-10-18/h14-15,17H,4-13H2,1-3H3. The molecule has 1 heterocycles. The molecule has 0 bridgehead atoms. The Labute approximate surface area is 114 Å². The van der Waals surface area contributed by atoms with E-state index >= 15 is 0 Å². The number of likely N-dealkylation sites (tertiary alicyclic amines) is 1. The van der Waals surface area contributed by atoms with Crippen molar-refractivity contribution >= 4 is 0 Å². The molecule has 1 saturated carbocycles. The van der Waals surface area contributed by atoms with Crippen LogP contribution in [0, 0.1) is 11.3 Å². The molecule has 18 heavy (non-hydrogen) atoms. The van der Waals surface area contributed by atoms with Crippen LogP contribution in [0.15, 0.2) is 0 Å². The zero-order valence-electron chi connectivity index (χ0n) is 12.7. The molecule has 1 aliphatic heterocycles. The Bertz CT molecular complexity index is 245. The average molecular weight is 252 g/mol. The van der Waals surface area contributed by atoms with Crippen molar-refractivity contribution in [3.05, 3.63) is 0 Å². The van der Waals surface area contributed by atoms with E-state index in [-0.39, 0.29) is 0 Å². The van der Waals surface area contributed by atoms with Crippen LogP contribution in [0.25, 0.3) is 0 Å². The van der Waals surface area contributed by atoms with Crippen LogP contribution in [0.1, 0.15) is 59.3 Å². The van der Waals surface area contributed by atoms with Gasteiger partial charge in [-0.2, -0.15) is 0 Å². The highest BCUT2D eigenvalue weighted by atomic mass is 15.1. The Morgan fingerprint density at radius 2 is 1.94 bits per heavy atom. The molecule has 1 saturated heterocycles. The summed E-state index contributed by atoms with van der Waals surface area (Å²) in [4.78, 5) is 2.72. The first-order valence-electron chi connectivity index (χ1n) is 8.05. The monoisotopic (exact) mass is 252 g/mol. The highest BCUT2D eigenvalue weighted by Gasteiger charge is 2.36. The molecule has 0 aromatic heterocycles. The lowest BCUT2D eigenvalue weighted by molar-refractivity contribution is 0.0890. The van der Waals surface area contributed by atoms with Crippen molar-refractivity contribution in [2.75, 3.05) is 26.2 Å². The van der Waals surface area contributed by atoms with Crippen molar-refractivity contribution in [1.29, 1.82) is 0 Å². The fourth-order valence-electron chi connectivity index (χ4n) is 3.96. The molecule has 106 valence electrons. The Kier molecular flexibility index (Phi) is 5.08. The predicted octanol–water partition coefficient (Wildman–Crippen LogP) is 3.28. The van der Waals surface area contributed by atoms with E-state index in [4.69, 9.17) is 0 Å². The normalized spacial score (nSPS) is 34.3. The third-order valence-electron chi connectivity index (χ3n) is 4.83. The van der Waals surface area contributed by atoms with Gasteiger partial charge in [-0.25, -0.2) is 0 Å². The van der Waals surface area contributed by atoms with Crippen LogP contribution in [-0.2, 0) is 0 Å². The van der Waals surface area contributed by atoms with E-state index in [0.717, 1.165) is 5.92 Å². The minimum absolute atomic E-state index is 0.562. The molecule has 2 rings (SSSR count). The van der Waals surface area contributed by atoms with Crippen molar-refractivity contribution < 1.29 is 0 Å². The molecule has 2 aliphatic rings. The molecule has 0 radical (unpaired) electrons. The van der Waals surface area contributed by atoms with Crippen LogP contribution in [-0.4, -0.2) is 37.1 Å². The molecular weight excluding hydrogens is 220 g/mol. The minimum Gasteiger partial charge on any atom is -0.314 e. The molecule has 2 fully saturated rings. The maximum atomic E-state index is 3.72. The number of hydrogen-bond donors (Lipinski definition) is 1. The lowest BCUT2D eigenvalue weighted by Crippen LogP contribution is -2.47. The first kappa shape index (κ1) is 14.3. The molecular formula is C16H32N2. The van der Waals surface area contributed by atoms with E-state index in [1.54, 1.807) is 0 Å². The van der Waals surface area contributed by atoms with Gasteiger partial charge in [0, 0.05) is 19.1 Å². The van der Waals surface area contributed by atoms with Crippen LogP contribution >= 0.6 is 0 Å². The maximum Gasteiger partial charge on any atom is 0.00502 e. The van der Waals surface area contributed by atoms with E-state index in [1.807, 2.05) is 0 Å². The summed E-state index contributed by atoms with van der Waals surface area (Å²) in [7, 11) is 0. The van der Waals surface area contributed by atoms with Gasteiger partial charge in [-0.3, -0.25) is 0 Å². The first-order chi connectivity index (χ1) is 8.60. The second-order valence-electron chi connectivity index (χ2n) is 7.22. The van der Waals surface area contributed by atoms with E-state index in [1.165, 1.54) is 64.7 Å². The smallest absolute Gasteiger partial charge is 0.00502 e.